The van der Waals surface area contributed by atoms with Crippen LogP contribution in [0.3, 0.4) is 0 Å². The highest BCUT2D eigenvalue weighted by Crippen LogP contribution is 2.45. The Balaban J connectivity index is 1.97. The third-order valence-electron chi connectivity index (χ3n) is 3.72. The Morgan fingerprint density at radius 1 is 0.714 bits per heavy atom. The summed E-state index contributed by atoms with van der Waals surface area (Å²) in [6, 6.07) is 0. The van der Waals surface area contributed by atoms with Crippen molar-refractivity contribution >= 4 is 0 Å². The molecular formula is C12H22N2. The van der Waals surface area contributed by atoms with Gasteiger partial charge in [0, 0.05) is 0 Å². The van der Waals surface area contributed by atoms with Crippen molar-refractivity contribution in [3.05, 3.63) is 0 Å². The molecule has 2 fully saturated rings. The molecule has 0 amide bonds. The van der Waals surface area contributed by atoms with E-state index < -0.39 is 0 Å². The Kier molecular flexibility index (Phi) is 2.20. The third-order valence-corrected chi connectivity index (χ3v) is 3.72. The minimum absolute atomic E-state index is 0.0894. The SMILES string of the molecule is CC(C)(N=NC(C)(C)C1CC1)C1CC1. The van der Waals surface area contributed by atoms with Crippen LogP contribution in [-0.2, 0) is 0 Å². The van der Waals surface area contributed by atoms with Gasteiger partial charge in [0.15, 0.2) is 0 Å². The molecule has 2 heteroatoms. The highest BCUT2D eigenvalue weighted by atomic mass is 15.2. The Morgan fingerprint density at radius 2 is 1.00 bits per heavy atom. The summed E-state index contributed by atoms with van der Waals surface area (Å²) in [4.78, 5) is 0. The van der Waals surface area contributed by atoms with Crippen molar-refractivity contribution in [1.29, 1.82) is 0 Å². The maximum absolute atomic E-state index is 4.58. The fourth-order valence-electron chi connectivity index (χ4n) is 2.00. The van der Waals surface area contributed by atoms with Gasteiger partial charge in [0.05, 0.1) is 11.1 Å². The average Bonchev–Trinajstić information content (AvgIpc) is 2.85. The first kappa shape index (κ1) is 10.1. The van der Waals surface area contributed by atoms with E-state index in [4.69, 9.17) is 0 Å². The van der Waals surface area contributed by atoms with Crippen LogP contribution < -0.4 is 0 Å². The van der Waals surface area contributed by atoms with Crippen molar-refractivity contribution in [2.75, 3.05) is 0 Å². The fourth-order valence-corrected chi connectivity index (χ4v) is 2.00. The zero-order valence-corrected chi connectivity index (χ0v) is 9.88. The summed E-state index contributed by atoms with van der Waals surface area (Å²) in [6.07, 6.45) is 5.37. The molecule has 0 N–H and O–H groups in total. The predicted molar refractivity (Wildman–Crippen MR) is 58.5 cm³/mol. The first-order valence-electron chi connectivity index (χ1n) is 5.86. The maximum atomic E-state index is 4.58. The lowest BCUT2D eigenvalue weighted by atomic mass is 9.99. The molecule has 0 bridgehead atoms. The number of hydrogen-bond acceptors (Lipinski definition) is 2. The van der Waals surface area contributed by atoms with Crippen LogP contribution in [0.25, 0.3) is 0 Å². The second-order valence-electron chi connectivity index (χ2n) is 6.06. The molecule has 0 aromatic heterocycles. The number of nitrogens with zero attached hydrogens (tertiary/aromatic N) is 2. The lowest BCUT2D eigenvalue weighted by molar-refractivity contribution is 0.364. The Bertz CT molecular complexity index is 219. The van der Waals surface area contributed by atoms with E-state index in [9.17, 15) is 0 Å². The van der Waals surface area contributed by atoms with Gasteiger partial charge < -0.3 is 0 Å². The molecule has 0 heterocycles. The van der Waals surface area contributed by atoms with Crippen LogP contribution in [0.5, 0.6) is 0 Å². The second kappa shape index (κ2) is 3.04. The van der Waals surface area contributed by atoms with E-state index in [2.05, 4.69) is 37.9 Å². The Morgan fingerprint density at radius 3 is 1.21 bits per heavy atom. The molecule has 14 heavy (non-hydrogen) atoms. The van der Waals surface area contributed by atoms with Crippen LogP contribution in [0.4, 0.5) is 0 Å². The summed E-state index contributed by atoms with van der Waals surface area (Å²) >= 11 is 0. The minimum Gasteiger partial charge on any atom is -0.187 e. The van der Waals surface area contributed by atoms with Gasteiger partial charge in [-0.05, 0) is 65.2 Å². The quantitative estimate of drug-likeness (QED) is 0.608. The van der Waals surface area contributed by atoms with Crippen LogP contribution in [0, 0.1) is 11.8 Å². The minimum atomic E-state index is 0.0894. The van der Waals surface area contributed by atoms with Crippen LogP contribution in [0.1, 0.15) is 53.4 Å². The number of rotatable bonds is 4. The monoisotopic (exact) mass is 194 g/mol. The molecule has 2 aliphatic rings. The summed E-state index contributed by atoms with van der Waals surface area (Å²) in [5.41, 5.74) is 0.179. The average molecular weight is 194 g/mol. The molecule has 2 rings (SSSR count). The zero-order chi connectivity index (χ0) is 10.4. The van der Waals surface area contributed by atoms with Gasteiger partial charge in [-0.25, -0.2) is 0 Å². The number of hydrogen-bond donors (Lipinski definition) is 0. The normalized spacial score (nSPS) is 24.6. The molecule has 2 nitrogen and oxygen atoms in total. The summed E-state index contributed by atoms with van der Waals surface area (Å²) in [5.74, 6) is 1.59. The molecular weight excluding hydrogens is 172 g/mol. The fraction of sp³-hybridized carbons (Fsp3) is 1.00. The topological polar surface area (TPSA) is 24.7 Å². The van der Waals surface area contributed by atoms with Gasteiger partial charge in [-0.15, -0.1) is 0 Å². The largest absolute Gasteiger partial charge is 0.187 e. The Hall–Kier alpha value is -0.400. The highest BCUT2D eigenvalue weighted by Gasteiger charge is 2.41. The summed E-state index contributed by atoms with van der Waals surface area (Å²) in [5, 5.41) is 9.15. The van der Waals surface area contributed by atoms with Gasteiger partial charge in [-0.2, -0.15) is 10.2 Å². The summed E-state index contributed by atoms with van der Waals surface area (Å²) in [6.45, 7) is 8.88. The van der Waals surface area contributed by atoms with Crippen LogP contribution >= 0.6 is 0 Å². The zero-order valence-electron chi connectivity index (χ0n) is 9.88. The Labute approximate surface area is 87.2 Å². The molecule has 0 aromatic carbocycles. The van der Waals surface area contributed by atoms with Crippen LogP contribution in [-0.4, -0.2) is 11.1 Å². The third kappa shape index (κ3) is 2.15. The molecule has 0 radical (unpaired) electrons. The lowest BCUT2D eigenvalue weighted by Crippen LogP contribution is -2.24. The molecule has 0 aromatic rings. The van der Waals surface area contributed by atoms with Crippen molar-refractivity contribution in [2.45, 2.75) is 64.5 Å². The van der Waals surface area contributed by atoms with Gasteiger partial charge in [-0.1, -0.05) is 0 Å². The molecule has 2 aliphatic carbocycles. The van der Waals surface area contributed by atoms with Gasteiger partial charge >= 0.3 is 0 Å². The molecule has 0 spiro atoms. The van der Waals surface area contributed by atoms with E-state index in [-0.39, 0.29) is 11.1 Å². The molecule has 0 aliphatic heterocycles. The highest BCUT2D eigenvalue weighted by molar-refractivity contribution is 4.97. The van der Waals surface area contributed by atoms with Crippen molar-refractivity contribution in [2.24, 2.45) is 22.1 Å². The first-order chi connectivity index (χ1) is 6.42. The molecule has 0 saturated heterocycles. The first-order valence-corrected chi connectivity index (χ1v) is 5.86. The van der Waals surface area contributed by atoms with Crippen molar-refractivity contribution < 1.29 is 0 Å². The molecule has 0 unspecified atom stereocenters. The van der Waals surface area contributed by atoms with E-state index in [0.717, 1.165) is 11.8 Å². The second-order valence-corrected chi connectivity index (χ2v) is 6.06. The van der Waals surface area contributed by atoms with E-state index in [1.807, 2.05) is 0 Å². The lowest BCUT2D eigenvalue weighted by Gasteiger charge is -2.22. The van der Waals surface area contributed by atoms with E-state index in [1.165, 1.54) is 25.7 Å². The number of azo groups is 1. The standard InChI is InChI=1S/C12H22N2/c1-11(2,9-5-6-9)13-14-12(3,4)10-7-8-10/h9-10H,5-8H2,1-4H3. The molecule has 2 saturated carbocycles. The predicted octanol–water partition coefficient (Wildman–Crippen LogP) is 3.82. The van der Waals surface area contributed by atoms with Crippen LogP contribution in [0.15, 0.2) is 10.2 Å². The van der Waals surface area contributed by atoms with Crippen LogP contribution in [0.2, 0.25) is 0 Å². The molecule has 0 atom stereocenters. The smallest absolute Gasteiger partial charge is 0.0788 e. The van der Waals surface area contributed by atoms with Crippen molar-refractivity contribution in [3.63, 3.8) is 0 Å². The van der Waals surface area contributed by atoms with Gasteiger partial charge in [0.2, 0.25) is 0 Å². The maximum Gasteiger partial charge on any atom is 0.0788 e. The summed E-state index contributed by atoms with van der Waals surface area (Å²) in [7, 11) is 0. The van der Waals surface area contributed by atoms with E-state index >= 15 is 0 Å². The molecule has 80 valence electrons. The summed E-state index contributed by atoms with van der Waals surface area (Å²) < 4.78 is 0. The van der Waals surface area contributed by atoms with Gasteiger partial charge in [0.25, 0.3) is 0 Å². The van der Waals surface area contributed by atoms with E-state index in [1.54, 1.807) is 0 Å². The van der Waals surface area contributed by atoms with Gasteiger partial charge in [0.1, 0.15) is 0 Å². The van der Waals surface area contributed by atoms with Crippen molar-refractivity contribution in [1.82, 2.24) is 0 Å². The van der Waals surface area contributed by atoms with Gasteiger partial charge in [-0.3, -0.25) is 0 Å². The van der Waals surface area contributed by atoms with E-state index in [0.29, 0.717) is 0 Å². The van der Waals surface area contributed by atoms with Crippen molar-refractivity contribution in [3.8, 4) is 0 Å².